The molecular formula is C17H34N2O. The van der Waals surface area contributed by atoms with Crippen molar-refractivity contribution in [2.75, 3.05) is 26.2 Å². The second kappa shape index (κ2) is 7.24. The van der Waals surface area contributed by atoms with Crippen molar-refractivity contribution in [3.05, 3.63) is 0 Å². The highest BCUT2D eigenvalue weighted by Crippen LogP contribution is 2.32. The monoisotopic (exact) mass is 282 g/mol. The van der Waals surface area contributed by atoms with Crippen LogP contribution in [0.4, 0.5) is 0 Å². The molecule has 2 fully saturated rings. The van der Waals surface area contributed by atoms with Crippen LogP contribution >= 0.6 is 0 Å². The van der Waals surface area contributed by atoms with Gasteiger partial charge in [-0.2, -0.15) is 0 Å². The van der Waals surface area contributed by atoms with Gasteiger partial charge < -0.3 is 15.3 Å². The quantitative estimate of drug-likeness (QED) is 0.814. The van der Waals surface area contributed by atoms with Gasteiger partial charge >= 0.3 is 0 Å². The van der Waals surface area contributed by atoms with E-state index in [0.29, 0.717) is 12.0 Å². The molecule has 0 bridgehead atoms. The van der Waals surface area contributed by atoms with Crippen molar-refractivity contribution in [1.29, 1.82) is 0 Å². The molecular weight excluding hydrogens is 248 g/mol. The minimum absolute atomic E-state index is 0.453. The first-order valence-corrected chi connectivity index (χ1v) is 8.70. The van der Waals surface area contributed by atoms with E-state index in [1.165, 1.54) is 45.3 Å². The number of rotatable bonds is 5. The molecule has 1 aliphatic heterocycles. The first-order chi connectivity index (χ1) is 9.52. The highest BCUT2D eigenvalue weighted by molar-refractivity contribution is 4.89. The van der Waals surface area contributed by atoms with E-state index in [9.17, 15) is 5.11 Å². The minimum Gasteiger partial charge on any atom is -0.389 e. The Labute approximate surface area is 125 Å². The predicted molar refractivity (Wildman–Crippen MR) is 84.9 cm³/mol. The van der Waals surface area contributed by atoms with Gasteiger partial charge in [0.2, 0.25) is 0 Å². The lowest BCUT2D eigenvalue weighted by atomic mass is 9.78. The fourth-order valence-electron chi connectivity index (χ4n) is 4.10. The number of hydrogen-bond acceptors (Lipinski definition) is 3. The molecule has 0 aromatic rings. The summed E-state index contributed by atoms with van der Waals surface area (Å²) in [5, 5.41) is 14.4. The third-order valence-electron chi connectivity index (χ3n) is 5.52. The van der Waals surface area contributed by atoms with Crippen LogP contribution in [0.2, 0.25) is 0 Å². The Hall–Kier alpha value is -0.120. The third kappa shape index (κ3) is 4.44. The molecule has 2 N–H and O–H groups in total. The molecule has 2 aliphatic rings. The maximum atomic E-state index is 10.7. The van der Waals surface area contributed by atoms with Gasteiger partial charge in [-0.05, 0) is 57.5 Å². The van der Waals surface area contributed by atoms with E-state index in [2.05, 4.69) is 31.0 Å². The summed E-state index contributed by atoms with van der Waals surface area (Å²) in [7, 11) is 0. The molecule has 1 aliphatic carbocycles. The summed E-state index contributed by atoms with van der Waals surface area (Å²) >= 11 is 0. The Kier molecular flexibility index (Phi) is 5.88. The number of aliphatic hydroxyl groups is 1. The topological polar surface area (TPSA) is 35.5 Å². The van der Waals surface area contributed by atoms with Crippen molar-refractivity contribution >= 4 is 0 Å². The van der Waals surface area contributed by atoms with Crippen LogP contribution in [0.5, 0.6) is 0 Å². The number of nitrogens with one attached hydrogen (secondary N) is 1. The van der Waals surface area contributed by atoms with Gasteiger partial charge in [0.25, 0.3) is 0 Å². The van der Waals surface area contributed by atoms with Crippen molar-refractivity contribution in [2.45, 2.75) is 70.9 Å². The number of piperidine rings is 1. The van der Waals surface area contributed by atoms with Gasteiger partial charge in [-0.15, -0.1) is 0 Å². The zero-order valence-electron chi connectivity index (χ0n) is 13.7. The smallest absolute Gasteiger partial charge is 0.0774 e. The summed E-state index contributed by atoms with van der Waals surface area (Å²) in [5.74, 6) is 1.42. The lowest BCUT2D eigenvalue weighted by Crippen LogP contribution is -2.50. The Bertz CT molecular complexity index is 297. The second-order valence-corrected chi connectivity index (χ2v) is 7.39. The normalized spacial score (nSPS) is 37.8. The molecule has 118 valence electrons. The van der Waals surface area contributed by atoms with E-state index in [1.807, 2.05) is 0 Å². The van der Waals surface area contributed by atoms with Gasteiger partial charge in [0.15, 0.2) is 0 Å². The molecule has 20 heavy (non-hydrogen) atoms. The van der Waals surface area contributed by atoms with Crippen LogP contribution in [0.25, 0.3) is 0 Å². The molecule has 0 radical (unpaired) electrons. The van der Waals surface area contributed by atoms with E-state index in [-0.39, 0.29) is 0 Å². The summed E-state index contributed by atoms with van der Waals surface area (Å²) in [6.07, 6.45) is 7.07. The largest absolute Gasteiger partial charge is 0.389 e. The standard InChI is InChI=1S/C17H34N2O/c1-4-19-10-6-8-16(12-19)15(3)18-13-17(20)9-5-7-14(2)11-17/h14-16,18,20H,4-13H2,1-3H3. The number of nitrogens with zero attached hydrogens (tertiary/aromatic N) is 1. The Morgan fingerprint density at radius 1 is 1.35 bits per heavy atom. The van der Waals surface area contributed by atoms with Crippen LogP contribution in [-0.4, -0.2) is 47.8 Å². The fraction of sp³-hybridized carbons (Fsp3) is 1.00. The molecule has 4 atom stereocenters. The Balaban J connectivity index is 1.77. The number of hydrogen-bond donors (Lipinski definition) is 2. The average molecular weight is 282 g/mol. The van der Waals surface area contributed by atoms with Crippen LogP contribution in [0.3, 0.4) is 0 Å². The van der Waals surface area contributed by atoms with Crippen LogP contribution in [0.15, 0.2) is 0 Å². The Morgan fingerprint density at radius 3 is 2.85 bits per heavy atom. The van der Waals surface area contributed by atoms with Crippen molar-refractivity contribution in [3.8, 4) is 0 Å². The highest BCUT2D eigenvalue weighted by Gasteiger charge is 2.33. The lowest BCUT2D eigenvalue weighted by Gasteiger charge is -2.39. The third-order valence-corrected chi connectivity index (χ3v) is 5.52. The molecule has 1 saturated heterocycles. The van der Waals surface area contributed by atoms with Crippen molar-refractivity contribution < 1.29 is 5.11 Å². The van der Waals surface area contributed by atoms with E-state index in [4.69, 9.17) is 0 Å². The molecule has 3 nitrogen and oxygen atoms in total. The van der Waals surface area contributed by atoms with Gasteiger partial charge in [0, 0.05) is 19.1 Å². The summed E-state index contributed by atoms with van der Waals surface area (Å²) in [6, 6.07) is 0.519. The molecule has 1 heterocycles. The number of likely N-dealkylation sites (tertiary alicyclic amines) is 1. The molecule has 0 aromatic carbocycles. The molecule has 1 saturated carbocycles. The highest BCUT2D eigenvalue weighted by atomic mass is 16.3. The molecule has 4 unspecified atom stereocenters. The second-order valence-electron chi connectivity index (χ2n) is 7.39. The summed E-state index contributed by atoms with van der Waals surface area (Å²) < 4.78 is 0. The van der Waals surface area contributed by atoms with Gasteiger partial charge in [0.1, 0.15) is 0 Å². The molecule has 0 spiro atoms. The molecule has 3 heteroatoms. The van der Waals surface area contributed by atoms with Crippen molar-refractivity contribution in [2.24, 2.45) is 11.8 Å². The van der Waals surface area contributed by atoms with Crippen LogP contribution in [0, 0.1) is 11.8 Å². The SMILES string of the molecule is CCN1CCCC(C(C)NCC2(O)CCCC(C)C2)C1. The van der Waals surface area contributed by atoms with Crippen LogP contribution in [0.1, 0.15) is 59.3 Å². The van der Waals surface area contributed by atoms with E-state index in [1.54, 1.807) is 0 Å². The van der Waals surface area contributed by atoms with E-state index in [0.717, 1.165) is 25.3 Å². The first-order valence-electron chi connectivity index (χ1n) is 8.70. The maximum absolute atomic E-state index is 10.7. The van der Waals surface area contributed by atoms with E-state index >= 15 is 0 Å². The zero-order chi connectivity index (χ0) is 14.6. The van der Waals surface area contributed by atoms with Gasteiger partial charge in [-0.3, -0.25) is 0 Å². The summed E-state index contributed by atoms with van der Waals surface area (Å²) in [4.78, 5) is 2.56. The summed E-state index contributed by atoms with van der Waals surface area (Å²) in [5.41, 5.74) is -0.453. The molecule has 0 aromatic heterocycles. The lowest BCUT2D eigenvalue weighted by molar-refractivity contribution is -0.0157. The van der Waals surface area contributed by atoms with E-state index < -0.39 is 5.60 Å². The van der Waals surface area contributed by atoms with Gasteiger partial charge in [-0.25, -0.2) is 0 Å². The van der Waals surface area contributed by atoms with Crippen molar-refractivity contribution in [3.63, 3.8) is 0 Å². The molecule has 0 amide bonds. The zero-order valence-corrected chi connectivity index (χ0v) is 13.7. The van der Waals surface area contributed by atoms with Crippen LogP contribution < -0.4 is 5.32 Å². The first kappa shape index (κ1) is 16.3. The predicted octanol–water partition coefficient (Wildman–Crippen LogP) is 2.64. The average Bonchev–Trinajstić information content (AvgIpc) is 2.44. The minimum atomic E-state index is -0.453. The fourth-order valence-corrected chi connectivity index (χ4v) is 4.10. The Morgan fingerprint density at radius 2 is 2.15 bits per heavy atom. The van der Waals surface area contributed by atoms with Crippen molar-refractivity contribution in [1.82, 2.24) is 10.2 Å². The van der Waals surface area contributed by atoms with Gasteiger partial charge in [0.05, 0.1) is 5.60 Å². The maximum Gasteiger partial charge on any atom is 0.0774 e. The summed E-state index contributed by atoms with van der Waals surface area (Å²) in [6.45, 7) is 11.3. The van der Waals surface area contributed by atoms with Crippen LogP contribution in [-0.2, 0) is 0 Å². The molecule has 2 rings (SSSR count). The van der Waals surface area contributed by atoms with Gasteiger partial charge in [-0.1, -0.05) is 26.7 Å².